The molecule has 0 aliphatic heterocycles. The lowest BCUT2D eigenvalue weighted by molar-refractivity contribution is 0.0603. The van der Waals surface area contributed by atoms with Crippen LogP contribution in [0.15, 0.2) is 66.7 Å². The Hall–Kier alpha value is -2.87. The molecule has 0 N–H and O–H groups in total. The summed E-state index contributed by atoms with van der Waals surface area (Å²) in [4.78, 5) is 12.2. The van der Waals surface area contributed by atoms with Crippen LogP contribution in [0.2, 0.25) is 0 Å². The van der Waals surface area contributed by atoms with E-state index < -0.39 is 0 Å². The maximum absolute atomic E-state index is 12.2. The number of carbonyl (C=O) groups excluding carboxylic acids is 1. The molecule has 106 valence electrons. The molecule has 0 saturated heterocycles. The van der Waals surface area contributed by atoms with Gasteiger partial charge in [0.1, 0.15) is 0 Å². The Balaban J connectivity index is 2.36. The van der Waals surface area contributed by atoms with E-state index in [1.54, 1.807) is 0 Å². The van der Waals surface area contributed by atoms with Crippen molar-refractivity contribution in [2.45, 2.75) is 0 Å². The van der Waals surface area contributed by atoms with E-state index in [-0.39, 0.29) is 5.97 Å². The van der Waals surface area contributed by atoms with Gasteiger partial charge in [-0.3, -0.25) is 0 Å². The van der Waals surface area contributed by atoms with Gasteiger partial charge in [-0.15, -0.1) is 0 Å². The zero-order valence-electron chi connectivity index (χ0n) is 12.2. The second-order valence-electron chi connectivity index (χ2n) is 5.31. The highest BCUT2D eigenvalue weighted by Crippen LogP contribution is 2.36. The van der Waals surface area contributed by atoms with Crippen LogP contribution in [0.1, 0.15) is 10.4 Å². The van der Waals surface area contributed by atoms with Crippen LogP contribution in [0, 0.1) is 0 Å². The third-order valence-electron chi connectivity index (χ3n) is 4.17. The first-order chi connectivity index (χ1) is 10.8. The first-order valence-corrected chi connectivity index (χ1v) is 7.22. The largest absolute Gasteiger partial charge is 0.465 e. The van der Waals surface area contributed by atoms with E-state index in [0.717, 1.165) is 26.9 Å². The average Bonchev–Trinajstić information content (AvgIpc) is 2.60. The number of esters is 1. The molecule has 0 heterocycles. The Labute approximate surface area is 127 Å². The summed E-state index contributed by atoms with van der Waals surface area (Å²) in [6.45, 7) is 0. The van der Waals surface area contributed by atoms with Crippen LogP contribution < -0.4 is 0 Å². The first kappa shape index (κ1) is 12.8. The molecule has 0 radical (unpaired) electrons. The summed E-state index contributed by atoms with van der Waals surface area (Å²) in [5, 5.41) is 6.63. The van der Waals surface area contributed by atoms with Gasteiger partial charge in [0.25, 0.3) is 0 Å². The van der Waals surface area contributed by atoms with E-state index in [1.807, 2.05) is 36.4 Å². The Bertz CT molecular complexity index is 987. The van der Waals surface area contributed by atoms with Crippen molar-refractivity contribution in [2.75, 3.05) is 7.11 Å². The molecule has 0 fully saturated rings. The minimum atomic E-state index is -0.300. The van der Waals surface area contributed by atoms with E-state index >= 15 is 0 Å². The number of ether oxygens (including phenoxy) is 1. The second-order valence-corrected chi connectivity index (χ2v) is 5.31. The number of methoxy groups -OCH3 is 1. The second kappa shape index (κ2) is 4.85. The topological polar surface area (TPSA) is 26.3 Å². The fraction of sp³-hybridized carbons (Fsp3) is 0.0500. The molecule has 0 aromatic heterocycles. The monoisotopic (exact) mass is 286 g/mol. The summed E-state index contributed by atoms with van der Waals surface area (Å²) in [7, 11) is 1.42. The standard InChI is InChI=1S/C20H14O2/c1-22-20(21)18-12-6-11-17-15-8-3-2-7-13(15)14-9-4-5-10-16(14)19(17)18/h2-12H,1H3. The summed E-state index contributed by atoms with van der Waals surface area (Å²) < 4.78 is 4.97. The quantitative estimate of drug-likeness (QED) is 0.366. The van der Waals surface area contributed by atoms with Gasteiger partial charge in [0.15, 0.2) is 0 Å². The van der Waals surface area contributed by atoms with E-state index in [9.17, 15) is 4.79 Å². The van der Waals surface area contributed by atoms with E-state index in [4.69, 9.17) is 4.74 Å². The summed E-state index contributed by atoms with van der Waals surface area (Å²) in [6.07, 6.45) is 0. The number of benzene rings is 4. The molecular weight excluding hydrogens is 272 g/mol. The van der Waals surface area contributed by atoms with Gasteiger partial charge >= 0.3 is 5.97 Å². The molecule has 0 atom stereocenters. The summed E-state index contributed by atoms with van der Waals surface area (Å²) >= 11 is 0. The van der Waals surface area contributed by atoms with Crippen molar-refractivity contribution in [2.24, 2.45) is 0 Å². The van der Waals surface area contributed by atoms with Crippen molar-refractivity contribution in [3.63, 3.8) is 0 Å². The SMILES string of the molecule is COC(=O)c1cccc2c3ccccc3c3ccccc3c12. The van der Waals surface area contributed by atoms with Crippen LogP contribution in [0.25, 0.3) is 32.3 Å². The van der Waals surface area contributed by atoms with Gasteiger partial charge in [0, 0.05) is 5.39 Å². The molecular formula is C20H14O2. The third-order valence-corrected chi connectivity index (χ3v) is 4.17. The smallest absolute Gasteiger partial charge is 0.338 e. The van der Waals surface area contributed by atoms with Gasteiger partial charge in [0.05, 0.1) is 12.7 Å². The van der Waals surface area contributed by atoms with Gasteiger partial charge in [0.2, 0.25) is 0 Å². The van der Waals surface area contributed by atoms with Crippen molar-refractivity contribution in [1.82, 2.24) is 0 Å². The molecule has 0 spiro atoms. The van der Waals surface area contributed by atoms with E-state index in [0.29, 0.717) is 5.56 Å². The normalized spacial score (nSPS) is 11.1. The van der Waals surface area contributed by atoms with E-state index in [1.165, 1.54) is 12.5 Å². The van der Waals surface area contributed by atoms with Crippen molar-refractivity contribution in [3.05, 3.63) is 72.3 Å². The molecule has 0 saturated carbocycles. The zero-order chi connectivity index (χ0) is 15.1. The van der Waals surface area contributed by atoms with Crippen LogP contribution in [0.5, 0.6) is 0 Å². The third kappa shape index (κ3) is 1.70. The zero-order valence-corrected chi connectivity index (χ0v) is 12.2. The molecule has 0 amide bonds. The molecule has 0 bridgehead atoms. The Morgan fingerprint density at radius 2 is 1.14 bits per heavy atom. The predicted octanol–water partition coefficient (Wildman–Crippen LogP) is 4.93. The van der Waals surface area contributed by atoms with Crippen LogP contribution >= 0.6 is 0 Å². The van der Waals surface area contributed by atoms with Crippen LogP contribution in [0.3, 0.4) is 0 Å². The molecule has 4 aromatic carbocycles. The highest BCUT2D eigenvalue weighted by Gasteiger charge is 2.15. The highest BCUT2D eigenvalue weighted by atomic mass is 16.5. The predicted molar refractivity (Wildman–Crippen MR) is 90.3 cm³/mol. The van der Waals surface area contributed by atoms with Crippen molar-refractivity contribution < 1.29 is 9.53 Å². The van der Waals surface area contributed by atoms with Gasteiger partial charge < -0.3 is 4.74 Å². The number of carbonyl (C=O) groups is 1. The lowest BCUT2D eigenvalue weighted by atomic mass is 9.92. The van der Waals surface area contributed by atoms with Gasteiger partial charge in [-0.25, -0.2) is 4.79 Å². The fourth-order valence-electron chi connectivity index (χ4n) is 3.24. The molecule has 4 rings (SSSR count). The molecule has 2 nitrogen and oxygen atoms in total. The maximum Gasteiger partial charge on any atom is 0.338 e. The number of fused-ring (bicyclic) bond motifs is 6. The van der Waals surface area contributed by atoms with Crippen LogP contribution in [0.4, 0.5) is 0 Å². The maximum atomic E-state index is 12.2. The fourth-order valence-corrected chi connectivity index (χ4v) is 3.24. The van der Waals surface area contributed by atoms with Crippen molar-refractivity contribution in [3.8, 4) is 0 Å². The molecule has 0 aliphatic carbocycles. The molecule has 2 heteroatoms. The molecule has 0 unspecified atom stereocenters. The summed E-state index contributed by atoms with van der Waals surface area (Å²) in [6, 6.07) is 22.3. The first-order valence-electron chi connectivity index (χ1n) is 7.22. The molecule has 4 aromatic rings. The lowest BCUT2D eigenvalue weighted by Gasteiger charge is -2.12. The van der Waals surface area contributed by atoms with Gasteiger partial charge in [-0.1, -0.05) is 60.7 Å². The van der Waals surface area contributed by atoms with E-state index in [2.05, 4.69) is 30.3 Å². The van der Waals surface area contributed by atoms with Crippen molar-refractivity contribution >= 4 is 38.3 Å². The molecule has 22 heavy (non-hydrogen) atoms. The average molecular weight is 286 g/mol. The minimum Gasteiger partial charge on any atom is -0.465 e. The number of hydrogen-bond donors (Lipinski definition) is 0. The van der Waals surface area contributed by atoms with Crippen LogP contribution in [-0.2, 0) is 4.74 Å². The Morgan fingerprint density at radius 3 is 1.68 bits per heavy atom. The van der Waals surface area contributed by atoms with Crippen LogP contribution in [-0.4, -0.2) is 13.1 Å². The minimum absolute atomic E-state index is 0.300. The molecule has 0 aliphatic rings. The lowest BCUT2D eigenvalue weighted by Crippen LogP contribution is -2.02. The Kier molecular flexibility index (Phi) is 2.83. The number of hydrogen-bond acceptors (Lipinski definition) is 2. The Morgan fingerprint density at radius 1 is 0.682 bits per heavy atom. The number of rotatable bonds is 1. The van der Waals surface area contributed by atoms with Crippen molar-refractivity contribution in [1.29, 1.82) is 0 Å². The van der Waals surface area contributed by atoms with Gasteiger partial charge in [-0.2, -0.15) is 0 Å². The summed E-state index contributed by atoms with van der Waals surface area (Å²) in [5.74, 6) is -0.300. The van der Waals surface area contributed by atoms with Gasteiger partial charge in [-0.05, 0) is 33.0 Å². The summed E-state index contributed by atoms with van der Waals surface area (Å²) in [5.41, 5.74) is 0.613. The highest BCUT2D eigenvalue weighted by molar-refractivity contribution is 6.28.